The molecule has 4 nitrogen and oxygen atoms in total. The molecule has 1 fully saturated rings. The average molecular weight is 247 g/mol. The molecule has 1 amide bonds. The number of anilines is 2. The Morgan fingerprint density at radius 2 is 2.11 bits per heavy atom. The number of carbonyl (C=O) groups is 1. The fourth-order valence-corrected chi connectivity index (χ4v) is 2.61. The Kier molecular flexibility index (Phi) is 3.45. The maximum Gasteiger partial charge on any atom is 0.222 e. The summed E-state index contributed by atoms with van der Waals surface area (Å²) in [7, 11) is 0. The van der Waals surface area contributed by atoms with Crippen LogP contribution in [0, 0.1) is 12.8 Å². The maximum atomic E-state index is 11.4. The van der Waals surface area contributed by atoms with Gasteiger partial charge in [0.15, 0.2) is 0 Å². The Morgan fingerprint density at radius 3 is 2.78 bits per heavy atom. The molecule has 2 atom stereocenters. The van der Waals surface area contributed by atoms with E-state index < -0.39 is 0 Å². The first kappa shape index (κ1) is 12.7. The van der Waals surface area contributed by atoms with Gasteiger partial charge in [0.2, 0.25) is 5.91 Å². The van der Waals surface area contributed by atoms with E-state index >= 15 is 0 Å². The fraction of sp³-hybridized carbons (Fsp3) is 0.500. The summed E-state index contributed by atoms with van der Waals surface area (Å²) in [6, 6.07) is 6.32. The van der Waals surface area contributed by atoms with Gasteiger partial charge in [0.05, 0.1) is 5.92 Å². The second kappa shape index (κ2) is 4.88. The highest BCUT2D eigenvalue weighted by Crippen LogP contribution is 2.31. The number of hydrogen-bond donors (Lipinski definition) is 2. The van der Waals surface area contributed by atoms with Crippen LogP contribution < -0.4 is 16.4 Å². The minimum atomic E-state index is -0.201. The molecular weight excluding hydrogens is 226 g/mol. The molecule has 0 bridgehead atoms. The Hall–Kier alpha value is -1.71. The van der Waals surface area contributed by atoms with Crippen molar-refractivity contribution in [1.29, 1.82) is 0 Å². The number of primary amides is 1. The fourth-order valence-electron chi connectivity index (χ4n) is 2.61. The summed E-state index contributed by atoms with van der Waals surface area (Å²) in [6.45, 7) is 4.94. The van der Waals surface area contributed by atoms with Gasteiger partial charge >= 0.3 is 0 Å². The lowest BCUT2D eigenvalue weighted by Gasteiger charge is -2.39. The number of nitrogen functional groups attached to an aromatic ring is 1. The van der Waals surface area contributed by atoms with Gasteiger partial charge in [-0.3, -0.25) is 4.79 Å². The highest BCUT2D eigenvalue weighted by atomic mass is 16.1. The minimum absolute atomic E-state index is 0.0537. The van der Waals surface area contributed by atoms with Crippen molar-refractivity contribution in [3.8, 4) is 0 Å². The van der Waals surface area contributed by atoms with E-state index in [0.717, 1.165) is 24.2 Å². The van der Waals surface area contributed by atoms with Crippen LogP contribution in [0.25, 0.3) is 0 Å². The van der Waals surface area contributed by atoms with Crippen molar-refractivity contribution in [2.24, 2.45) is 11.7 Å². The smallest absolute Gasteiger partial charge is 0.222 e. The molecule has 98 valence electrons. The second-order valence-corrected chi connectivity index (χ2v) is 5.22. The zero-order chi connectivity index (χ0) is 13.3. The van der Waals surface area contributed by atoms with E-state index in [1.165, 1.54) is 5.56 Å². The highest BCUT2D eigenvalue weighted by molar-refractivity contribution is 5.78. The monoisotopic (exact) mass is 247 g/mol. The van der Waals surface area contributed by atoms with Gasteiger partial charge in [-0.2, -0.15) is 0 Å². The van der Waals surface area contributed by atoms with Crippen LogP contribution in [0.15, 0.2) is 18.2 Å². The van der Waals surface area contributed by atoms with Gasteiger partial charge in [-0.1, -0.05) is 6.07 Å². The summed E-state index contributed by atoms with van der Waals surface area (Å²) in [4.78, 5) is 13.6. The van der Waals surface area contributed by atoms with Gasteiger partial charge in [-0.05, 0) is 44.4 Å². The number of hydrogen-bond acceptors (Lipinski definition) is 3. The van der Waals surface area contributed by atoms with Gasteiger partial charge in [0.1, 0.15) is 0 Å². The van der Waals surface area contributed by atoms with Crippen LogP contribution in [0.5, 0.6) is 0 Å². The van der Waals surface area contributed by atoms with Crippen LogP contribution in [-0.2, 0) is 4.79 Å². The Balaban J connectivity index is 2.29. The first-order chi connectivity index (χ1) is 8.49. The molecule has 0 aromatic heterocycles. The molecule has 0 saturated carbocycles. The molecule has 1 heterocycles. The van der Waals surface area contributed by atoms with Crippen molar-refractivity contribution >= 4 is 17.3 Å². The topological polar surface area (TPSA) is 72.3 Å². The molecule has 1 aromatic rings. The summed E-state index contributed by atoms with van der Waals surface area (Å²) in [5.74, 6) is -0.254. The standard InChI is InChI=1S/C14H21N3O/c1-9-3-6-12(15)7-13(9)17-8-11(14(16)18)5-4-10(17)2/h3,6-7,10-11H,4-5,8,15H2,1-2H3,(H2,16,18). The lowest BCUT2D eigenvalue weighted by Crippen LogP contribution is -2.46. The van der Waals surface area contributed by atoms with Gasteiger partial charge in [0.25, 0.3) is 0 Å². The maximum absolute atomic E-state index is 11.4. The number of piperidine rings is 1. The van der Waals surface area contributed by atoms with E-state index in [-0.39, 0.29) is 11.8 Å². The largest absolute Gasteiger partial charge is 0.399 e. The lowest BCUT2D eigenvalue weighted by atomic mass is 9.92. The lowest BCUT2D eigenvalue weighted by molar-refractivity contribution is -0.122. The number of carbonyl (C=O) groups excluding carboxylic acids is 1. The first-order valence-electron chi connectivity index (χ1n) is 6.41. The summed E-state index contributed by atoms with van der Waals surface area (Å²) in [5.41, 5.74) is 14.3. The van der Waals surface area contributed by atoms with Crippen LogP contribution in [0.3, 0.4) is 0 Å². The van der Waals surface area contributed by atoms with E-state index in [4.69, 9.17) is 11.5 Å². The number of aryl methyl sites for hydroxylation is 1. The summed E-state index contributed by atoms with van der Waals surface area (Å²) >= 11 is 0. The quantitative estimate of drug-likeness (QED) is 0.781. The third-order valence-corrected chi connectivity index (χ3v) is 3.83. The van der Waals surface area contributed by atoms with Crippen LogP contribution in [0.2, 0.25) is 0 Å². The van der Waals surface area contributed by atoms with Crippen molar-refractivity contribution in [1.82, 2.24) is 0 Å². The molecule has 1 saturated heterocycles. The van der Waals surface area contributed by atoms with Crippen molar-refractivity contribution in [2.75, 3.05) is 17.2 Å². The molecule has 18 heavy (non-hydrogen) atoms. The van der Waals surface area contributed by atoms with Crippen molar-refractivity contribution < 1.29 is 4.79 Å². The summed E-state index contributed by atoms with van der Waals surface area (Å²) in [5, 5.41) is 0. The number of benzene rings is 1. The number of amides is 1. The van der Waals surface area contributed by atoms with E-state index in [9.17, 15) is 4.79 Å². The van der Waals surface area contributed by atoms with Crippen molar-refractivity contribution in [3.05, 3.63) is 23.8 Å². The third-order valence-electron chi connectivity index (χ3n) is 3.83. The molecular formula is C14H21N3O. The van der Waals surface area contributed by atoms with Gasteiger partial charge in [0, 0.05) is 24.0 Å². The summed E-state index contributed by atoms with van der Waals surface area (Å²) < 4.78 is 0. The molecule has 4 heteroatoms. The zero-order valence-electron chi connectivity index (χ0n) is 11.0. The van der Waals surface area contributed by atoms with E-state index in [1.807, 2.05) is 18.2 Å². The molecule has 2 unspecified atom stereocenters. The molecule has 1 aliphatic rings. The van der Waals surface area contributed by atoms with Gasteiger partial charge in [-0.15, -0.1) is 0 Å². The predicted octanol–water partition coefficient (Wildman–Crippen LogP) is 1.67. The SMILES string of the molecule is Cc1ccc(N)cc1N1CC(C(N)=O)CCC1C. The number of rotatable bonds is 2. The number of nitrogens with two attached hydrogens (primary N) is 2. The Morgan fingerprint density at radius 1 is 1.39 bits per heavy atom. The third kappa shape index (κ3) is 2.42. The minimum Gasteiger partial charge on any atom is -0.399 e. The average Bonchev–Trinajstić information content (AvgIpc) is 2.33. The van der Waals surface area contributed by atoms with Crippen LogP contribution >= 0.6 is 0 Å². The first-order valence-corrected chi connectivity index (χ1v) is 6.41. The number of nitrogens with zero attached hydrogens (tertiary/aromatic N) is 1. The summed E-state index contributed by atoms with van der Waals surface area (Å²) in [6.07, 6.45) is 1.87. The van der Waals surface area contributed by atoms with Crippen LogP contribution in [-0.4, -0.2) is 18.5 Å². The van der Waals surface area contributed by atoms with E-state index in [0.29, 0.717) is 12.6 Å². The molecule has 1 aliphatic heterocycles. The molecule has 2 rings (SSSR count). The molecule has 4 N–H and O–H groups in total. The molecule has 1 aromatic carbocycles. The Bertz CT molecular complexity index is 458. The van der Waals surface area contributed by atoms with Crippen molar-refractivity contribution in [3.63, 3.8) is 0 Å². The molecule has 0 radical (unpaired) electrons. The predicted molar refractivity (Wildman–Crippen MR) is 74.3 cm³/mol. The van der Waals surface area contributed by atoms with Crippen LogP contribution in [0.4, 0.5) is 11.4 Å². The zero-order valence-corrected chi connectivity index (χ0v) is 11.0. The van der Waals surface area contributed by atoms with Crippen molar-refractivity contribution in [2.45, 2.75) is 32.7 Å². The van der Waals surface area contributed by atoms with Crippen LogP contribution in [0.1, 0.15) is 25.3 Å². The van der Waals surface area contributed by atoms with E-state index in [2.05, 4.69) is 18.7 Å². The van der Waals surface area contributed by atoms with Gasteiger partial charge < -0.3 is 16.4 Å². The van der Waals surface area contributed by atoms with Gasteiger partial charge in [-0.25, -0.2) is 0 Å². The molecule has 0 spiro atoms. The second-order valence-electron chi connectivity index (χ2n) is 5.22. The van der Waals surface area contributed by atoms with E-state index in [1.54, 1.807) is 0 Å². The normalized spacial score (nSPS) is 24.0. The highest BCUT2D eigenvalue weighted by Gasteiger charge is 2.29. The molecule has 0 aliphatic carbocycles. The Labute approximate surface area is 108 Å².